The molecule has 0 aliphatic heterocycles. The number of amides is 1. The van der Waals surface area contributed by atoms with E-state index in [2.05, 4.69) is 33.0 Å². The molecule has 23 heavy (non-hydrogen) atoms. The molecule has 136 valence electrons. The van der Waals surface area contributed by atoms with Gasteiger partial charge in [0, 0.05) is 24.7 Å². The van der Waals surface area contributed by atoms with E-state index in [0.29, 0.717) is 12.6 Å². The van der Waals surface area contributed by atoms with Crippen LogP contribution in [0.15, 0.2) is 0 Å². The Morgan fingerprint density at radius 1 is 1.17 bits per heavy atom. The van der Waals surface area contributed by atoms with E-state index in [0.717, 1.165) is 12.5 Å². The molecule has 1 aliphatic rings. The third kappa shape index (κ3) is 7.56. The molecule has 0 saturated heterocycles. The minimum atomic E-state index is -0.453. The van der Waals surface area contributed by atoms with Gasteiger partial charge in [-0.15, -0.1) is 0 Å². The Hall–Kier alpha value is -0.770. The Morgan fingerprint density at radius 3 is 2.35 bits per heavy atom. The number of hydrogen-bond acceptors (Lipinski definition) is 3. The number of rotatable bonds is 5. The van der Waals surface area contributed by atoms with E-state index < -0.39 is 5.60 Å². The lowest BCUT2D eigenvalue weighted by atomic mass is 9.84. The van der Waals surface area contributed by atoms with Crippen molar-refractivity contribution < 1.29 is 9.53 Å². The topological polar surface area (TPSA) is 41.6 Å². The number of hydrogen-bond donors (Lipinski definition) is 1. The Kier molecular flexibility index (Phi) is 7.37. The second-order valence-electron chi connectivity index (χ2n) is 8.89. The van der Waals surface area contributed by atoms with Gasteiger partial charge in [0.15, 0.2) is 0 Å². The predicted octanol–water partition coefficient (Wildman–Crippen LogP) is 4.58. The van der Waals surface area contributed by atoms with E-state index in [1.165, 1.54) is 32.1 Å². The Labute approximate surface area is 143 Å². The molecule has 0 radical (unpaired) electrons. The van der Waals surface area contributed by atoms with Crippen molar-refractivity contribution in [1.82, 2.24) is 10.2 Å². The molecule has 2 atom stereocenters. The molecule has 1 fully saturated rings. The van der Waals surface area contributed by atoms with Crippen LogP contribution in [0.1, 0.15) is 80.6 Å². The molecule has 4 nitrogen and oxygen atoms in total. The zero-order chi connectivity index (χ0) is 17.7. The Bertz CT molecular complexity index is 369. The minimum absolute atomic E-state index is 0.220. The van der Waals surface area contributed by atoms with Crippen LogP contribution in [0.2, 0.25) is 0 Å². The van der Waals surface area contributed by atoms with E-state index in [1.54, 1.807) is 0 Å². The summed E-state index contributed by atoms with van der Waals surface area (Å²) < 4.78 is 5.56. The van der Waals surface area contributed by atoms with Crippen LogP contribution in [0.3, 0.4) is 0 Å². The van der Waals surface area contributed by atoms with Crippen molar-refractivity contribution in [1.29, 1.82) is 0 Å². The lowest BCUT2D eigenvalue weighted by Gasteiger charge is -2.37. The fourth-order valence-corrected chi connectivity index (χ4v) is 3.25. The van der Waals surface area contributed by atoms with Crippen molar-refractivity contribution in [3.05, 3.63) is 0 Å². The molecule has 0 aromatic carbocycles. The largest absolute Gasteiger partial charge is 0.444 e. The van der Waals surface area contributed by atoms with E-state index in [4.69, 9.17) is 4.74 Å². The van der Waals surface area contributed by atoms with E-state index in [9.17, 15) is 4.79 Å². The van der Waals surface area contributed by atoms with Crippen molar-refractivity contribution in [2.45, 2.75) is 97.8 Å². The van der Waals surface area contributed by atoms with Crippen molar-refractivity contribution >= 4 is 6.09 Å². The Balaban J connectivity index is 2.50. The quantitative estimate of drug-likeness (QED) is 0.804. The third-order valence-corrected chi connectivity index (χ3v) is 4.55. The van der Waals surface area contributed by atoms with Crippen molar-refractivity contribution in [3.8, 4) is 0 Å². The van der Waals surface area contributed by atoms with Crippen molar-refractivity contribution in [2.24, 2.45) is 5.92 Å². The molecule has 0 bridgehead atoms. The minimum Gasteiger partial charge on any atom is -0.444 e. The van der Waals surface area contributed by atoms with E-state index >= 15 is 0 Å². The fourth-order valence-electron chi connectivity index (χ4n) is 3.25. The van der Waals surface area contributed by atoms with Crippen LogP contribution < -0.4 is 5.32 Å². The SMILES string of the molecule is CCC1CCCC(NCCN(C(=O)OC(C)(C)C)C(C)(C)C)C1. The number of nitrogens with zero attached hydrogens (tertiary/aromatic N) is 1. The summed E-state index contributed by atoms with van der Waals surface area (Å²) in [7, 11) is 0. The second-order valence-corrected chi connectivity index (χ2v) is 8.89. The van der Waals surface area contributed by atoms with Gasteiger partial charge in [0.1, 0.15) is 5.60 Å². The van der Waals surface area contributed by atoms with Gasteiger partial charge >= 0.3 is 6.09 Å². The van der Waals surface area contributed by atoms with Crippen molar-refractivity contribution in [3.63, 3.8) is 0 Å². The van der Waals surface area contributed by atoms with Gasteiger partial charge in [0.25, 0.3) is 0 Å². The normalized spacial score (nSPS) is 22.7. The molecule has 1 rings (SSSR count). The van der Waals surface area contributed by atoms with Crippen LogP contribution in [0.5, 0.6) is 0 Å². The van der Waals surface area contributed by atoms with Crippen molar-refractivity contribution in [2.75, 3.05) is 13.1 Å². The predicted molar refractivity (Wildman–Crippen MR) is 96.7 cm³/mol. The highest BCUT2D eigenvalue weighted by Crippen LogP contribution is 2.26. The van der Waals surface area contributed by atoms with Crippen LogP contribution in [0, 0.1) is 5.92 Å². The molecule has 0 heterocycles. The zero-order valence-corrected chi connectivity index (χ0v) is 16.4. The molecular weight excluding hydrogens is 288 g/mol. The number of carbonyl (C=O) groups is 1. The number of carbonyl (C=O) groups excluding carboxylic acids is 1. The van der Waals surface area contributed by atoms with Crippen LogP contribution in [0.4, 0.5) is 4.79 Å². The third-order valence-electron chi connectivity index (χ3n) is 4.55. The summed E-state index contributed by atoms with van der Waals surface area (Å²) in [5.41, 5.74) is -0.686. The molecular formula is C19H38N2O2. The van der Waals surface area contributed by atoms with Gasteiger partial charge in [0.2, 0.25) is 0 Å². The van der Waals surface area contributed by atoms with Gasteiger partial charge in [-0.2, -0.15) is 0 Å². The van der Waals surface area contributed by atoms with Gasteiger partial charge in [0.05, 0.1) is 0 Å². The van der Waals surface area contributed by atoms with Crippen LogP contribution in [-0.2, 0) is 4.74 Å². The summed E-state index contributed by atoms with van der Waals surface area (Å²) in [5.74, 6) is 0.867. The second kappa shape index (κ2) is 8.36. The van der Waals surface area contributed by atoms with Gasteiger partial charge < -0.3 is 15.0 Å². The van der Waals surface area contributed by atoms with Gasteiger partial charge in [-0.05, 0) is 60.3 Å². The first-order chi connectivity index (χ1) is 10.5. The summed E-state index contributed by atoms with van der Waals surface area (Å²) in [6, 6.07) is 0.606. The first-order valence-corrected chi connectivity index (χ1v) is 9.27. The molecule has 0 spiro atoms. The highest BCUT2D eigenvalue weighted by Gasteiger charge is 2.30. The maximum absolute atomic E-state index is 12.5. The van der Waals surface area contributed by atoms with Gasteiger partial charge in [-0.1, -0.05) is 26.2 Å². The standard InChI is InChI=1S/C19H38N2O2/c1-8-15-10-9-11-16(14-15)20-12-13-21(18(2,3)4)17(22)23-19(5,6)7/h15-16,20H,8-14H2,1-7H3. The molecule has 1 aliphatic carbocycles. The summed E-state index contributed by atoms with van der Waals surface area (Å²) >= 11 is 0. The smallest absolute Gasteiger partial charge is 0.410 e. The maximum Gasteiger partial charge on any atom is 0.410 e. The van der Waals surface area contributed by atoms with Crippen LogP contribution in [-0.4, -0.2) is 41.3 Å². The van der Waals surface area contributed by atoms with Crippen LogP contribution in [0.25, 0.3) is 0 Å². The van der Waals surface area contributed by atoms with Crippen LogP contribution >= 0.6 is 0 Å². The average Bonchev–Trinajstić information content (AvgIpc) is 2.40. The maximum atomic E-state index is 12.5. The lowest BCUT2D eigenvalue weighted by molar-refractivity contribution is 0.00632. The van der Waals surface area contributed by atoms with Gasteiger partial charge in [-0.3, -0.25) is 0 Å². The Morgan fingerprint density at radius 2 is 1.83 bits per heavy atom. The highest BCUT2D eigenvalue weighted by molar-refractivity contribution is 5.69. The molecule has 1 saturated carbocycles. The molecule has 1 amide bonds. The first kappa shape index (κ1) is 20.3. The van der Waals surface area contributed by atoms with Gasteiger partial charge in [-0.25, -0.2) is 4.79 Å². The molecule has 0 aromatic rings. The van der Waals surface area contributed by atoms with E-state index in [-0.39, 0.29) is 11.6 Å². The zero-order valence-electron chi connectivity index (χ0n) is 16.4. The lowest BCUT2D eigenvalue weighted by Crippen LogP contribution is -2.51. The summed E-state index contributed by atoms with van der Waals surface area (Å²) in [6.07, 6.45) is 6.30. The summed E-state index contributed by atoms with van der Waals surface area (Å²) in [5, 5.41) is 3.66. The number of nitrogens with one attached hydrogen (secondary N) is 1. The molecule has 0 aromatic heterocycles. The first-order valence-electron chi connectivity index (χ1n) is 9.27. The average molecular weight is 327 g/mol. The summed E-state index contributed by atoms with van der Waals surface area (Å²) in [4.78, 5) is 14.3. The molecule has 4 heteroatoms. The summed E-state index contributed by atoms with van der Waals surface area (Å²) in [6.45, 7) is 15.7. The number of ether oxygens (including phenoxy) is 1. The van der Waals surface area contributed by atoms with E-state index in [1.807, 2.05) is 25.7 Å². The highest BCUT2D eigenvalue weighted by atomic mass is 16.6. The molecule has 2 unspecified atom stereocenters. The molecule has 1 N–H and O–H groups in total. The monoisotopic (exact) mass is 326 g/mol. The fraction of sp³-hybridized carbons (Fsp3) is 0.947.